The molecule has 2 N–H and O–H groups in total. The third-order valence-corrected chi connectivity index (χ3v) is 5.51. The first-order valence-electron chi connectivity index (χ1n) is 9.48. The average molecular weight is 478 g/mol. The van der Waals surface area contributed by atoms with Gasteiger partial charge in [0.15, 0.2) is 5.96 Å². The molecule has 0 radical (unpaired) electrons. The number of unbranched alkanes of at least 4 members (excludes halogenated alkanes) is 2. The summed E-state index contributed by atoms with van der Waals surface area (Å²) in [6.07, 6.45) is 8.06. The van der Waals surface area contributed by atoms with Crippen LogP contribution in [0.1, 0.15) is 56.9 Å². The number of aliphatic imine (C=N–C) groups is 1. The van der Waals surface area contributed by atoms with Gasteiger partial charge in [0.1, 0.15) is 0 Å². The molecule has 0 saturated carbocycles. The van der Waals surface area contributed by atoms with Crippen molar-refractivity contribution in [3.05, 3.63) is 22.4 Å². The summed E-state index contributed by atoms with van der Waals surface area (Å²) >= 11 is 1.76. The third kappa shape index (κ3) is 9.24. The van der Waals surface area contributed by atoms with E-state index in [1.54, 1.807) is 11.3 Å². The number of nitrogens with zero attached hydrogens (tertiary/aromatic N) is 2. The van der Waals surface area contributed by atoms with Crippen molar-refractivity contribution in [2.24, 2.45) is 4.99 Å². The third-order valence-electron chi connectivity index (χ3n) is 4.80. The molecule has 1 aliphatic heterocycles. The summed E-state index contributed by atoms with van der Waals surface area (Å²) in [5.41, 5.74) is 1.40. The van der Waals surface area contributed by atoms with Gasteiger partial charge in [-0.2, -0.15) is 11.3 Å². The number of rotatable bonds is 9. The Morgan fingerprint density at radius 2 is 2.00 bits per heavy atom. The molecule has 0 aromatic carbocycles. The summed E-state index contributed by atoms with van der Waals surface area (Å²) in [6, 6.07) is 2.20. The summed E-state index contributed by atoms with van der Waals surface area (Å²) in [6.45, 7) is 8.10. The summed E-state index contributed by atoms with van der Waals surface area (Å²) in [5.74, 6) is 1.44. The zero-order valence-corrected chi connectivity index (χ0v) is 18.9. The van der Waals surface area contributed by atoms with Gasteiger partial charge in [0.05, 0.1) is 0 Å². The number of halogens is 1. The summed E-state index contributed by atoms with van der Waals surface area (Å²) in [7, 11) is 1.85. The lowest BCUT2D eigenvalue weighted by Gasteiger charge is -2.26. The molecule has 4 nitrogen and oxygen atoms in total. The lowest BCUT2D eigenvalue weighted by Crippen LogP contribution is -2.39. The first-order chi connectivity index (χ1) is 11.8. The van der Waals surface area contributed by atoms with E-state index in [4.69, 9.17) is 0 Å². The summed E-state index contributed by atoms with van der Waals surface area (Å²) in [5, 5.41) is 11.2. The highest BCUT2D eigenvalue weighted by molar-refractivity contribution is 14.0. The van der Waals surface area contributed by atoms with Crippen LogP contribution in [0.25, 0.3) is 0 Å². The van der Waals surface area contributed by atoms with Crippen molar-refractivity contribution in [1.29, 1.82) is 0 Å². The molecule has 1 aromatic heterocycles. The quantitative estimate of drug-likeness (QED) is 0.241. The molecule has 2 rings (SSSR count). The molecule has 1 atom stereocenters. The lowest BCUT2D eigenvalue weighted by molar-refractivity contribution is 0.224. The monoisotopic (exact) mass is 478 g/mol. The molecule has 1 saturated heterocycles. The Kier molecular flexibility index (Phi) is 12.5. The van der Waals surface area contributed by atoms with Crippen molar-refractivity contribution in [2.75, 3.05) is 39.8 Å². The van der Waals surface area contributed by atoms with Crippen LogP contribution in [0.2, 0.25) is 0 Å². The normalized spacial score (nSPS) is 17.0. The maximum absolute atomic E-state index is 4.32. The van der Waals surface area contributed by atoms with E-state index in [0.717, 1.165) is 19.0 Å². The number of hydrogen-bond acceptors (Lipinski definition) is 3. The van der Waals surface area contributed by atoms with Crippen LogP contribution in [-0.4, -0.2) is 50.6 Å². The second-order valence-electron chi connectivity index (χ2n) is 6.80. The van der Waals surface area contributed by atoms with Crippen LogP contribution in [0.4, 0.5) is 0 Å². The van der Waals surface area contributed by atoms with Crippen LogP contribution >= 0.6 is 35.3 Å². The van der Waals surface area contributed by atoms with Crippen molar-refractivity contribution in [3.63, 3.8) is 0 Å². The highest BCUT2D eigenvalue weighted by Crippen LogP contribution is 2.17. The zero-order chi connectivity index (χ0) is 17.0. The number of thiophene rings is 1. The van der Waals surface area contributed by atoms with Gasteiger partial charge in [-0.05, 0) is 73.6 Å². The van der Waals surface area contributed by atoms with Gasteiger partial charge in [-0.3, -0.25) is 4.99 Å². The van der Waals surface area contributed by atoms with Gasteiger partial charge >= 0.3 is 0 Å². The number of nitrogens with one attached hydrogen (secondary N) is 2. The average Bonchev–Trinajstić information content (AvgIpc) is 3.16. The molecule has 144 valence electrons. The molecule has 1 aliphatic rings. The van der Waals surface area contributed by atoms with Crippen molar-refractivity contribution in [2.45, 2.75) is 51.4 Å². The van der Waals surface area contributed by atoms with E-state index >= 15 is 0 Å². The Morgan fingerprint density at radius 3 is 2.68 bits per heavy atom. The Hall–Kier alpha value is -0.340. The number of hydrogen-bond donors (Lipinski definition) is 2. The second-order valence-corrected chi connectivity index (χ2v) is 7.58. The number of likely N-dealkylation sites (tertiary alicyclic amines) is 1. The lowest BCUT2D eigenvalue weighted by atomic mass is 10.1. The fraction of sp³-hybridized carbons (Fsp3) is 0.737. The molecule has 1 aromatic rings. The van der Waals surface area contributed by atoms with E-state index in [1.165, 1.54) is 63.7 Å². The Labute approximate surface area is 174 Å². The minimum Gasteiger partial charge on any atom is -0.356 e. The van der Waals surface area contributed by atoms with E-state index < -0.39 is 0 Å². The number of guanidine groups is 1. The van der Waals surface area contributed by atoms with Crippen LogP contribution in [0.5, 0.6) is 0 Å². The maximum atomic E-state index is 4.32. The van der Waals surface area contributed by atoms with Gasteiger partial charge in [0.25, 0.3) is 0 Å². The highest BCUT2D eigenvalue weighted by Gasteiger charge is 2.09. The molecule has 2 heterocycles. The van der Waals surface area contributed by atoms with Crippen LogP contribution in [0, 0.1) is 0 Å². The van der Waals surface area contributed by atoms with Crippen molar-refractivity contribution in [1.82, 2.24) is 15.5 Å². The predicted molar refractivity (Wildman–Crippen MR) is 122 cm³/mol. The smallest absolute Gasteiger partial charge is 0.190 e. The van der Waals surface area contributed by atoms with Gasteiger partial charge in [-0.25, -0.2) is 0 Å². The molecule has 0 bridgehead atoms. The first-order valence-corrected chi connectivity index (χ1v) is 10.4. The molecule has 6 heteroatoms. The minimum absolute atomic E-state index is 0. The molecule has 25 heavy (non-hydrogen) atoms. The molecule has 0 spiro atoms. The Balaban J connectivity index is 0.00000312. The fourth-order valence-corrected chi connectivity index (χ4v) is 3.95. The largest absolute Gasteiger partial charge is 0.356 e. The van der Waals surface area contributed by atoms with Crippen molar-refractivity contribution >= 4 is 41.3 Å². The van der Waals surface area contributed by atoms with Crippen LogP contribution in [0.15, 0.2) is 21.8 Å². The van der Waals surface area contributed by atoms with Crippen molar-refractivity contribution < 1.29 is 0 Å². The minimum atomic E-state index is 0. The predicted octanol–water partition coefficient (Wildman–Crippen LogP) is 4.29. The molecule has 1 fully saturated rings. The van der Waals surface area contributed by atoms with Crippen LogP contribution in [0.3, 0.4) is 0 Å². The van der Waals surface area contributed by atoms with Gasteiger partial charge in [-0.15, -0.1) is 24.0 Å². The van der Waals surface area contributed by atoms with E-state index in [-0.39, 0.29) is 24.0 Å². The Bertz CT molecular complexity index is 458. The van der Waals surface area contributed by atoms with E-state index in [0.29, 0.717) is 5.92 Å². The SMILES string of the molecule is CN=C(NCCCCCN1CCCCC1)NCC(C)c1ccsc1.I. The first kappa shape index (κ1) is 22.7. The second kappa shape index (κ2) is 13.8. The molecule has 1 unspecified atom stereocenters. The van der Waals surface area contributed by atoms with Crippen LogP contribution < -0.4 is 10.6 Å². The molecular formula is C19H35IN4S. The molecule has 0 aliphatic carbocycles. The summed E-state index contributed by atoms with van der Waals surface area (Å²) in [4.78, 5) is 6.95. The van der Waals surface area contributed by atoms with Crippen LogP contribution in [-0.2, 0) is 0 Å². The van der Waals surface area contributed by atoms with Gasteiger partial charge in [0.2, 0.25) is 0 Å². The van der Waals surface area contributed by atoms with Crippen molar-refractivity contribution in [3.8, 4) is 0 Å². The van der Waals surface area contributed by atoms with E-state index in [2.05, 4.69) is 44.3 Å². The summed E-state index contributed by atoms with van der Waals surface area (Å²) < 4.78 is 0. The van der Waals surface area contributed by atoms with E-state index in [9.17, 15) is 0 Å². The standard InChI is InChI=1S/C19H34N4S.HI/c1-17(18-9-14-24-16-18)15-22-19(20-2)21-10-5-3-6-11-23-12-7-4-8-13-23;/h9,14,16-17H,3-8,10-13,15H2,1-2H3,(H2,20,21,22);1H. The molecular weight excluding hydrogens is 443 g/mol. The van der Waals surface area contributed by atoms with Gasteiger partial charge < -0.3 is 15.5 Å². The van der Waals surface area contributed by atoms with Gasteiger partial charge in [0, 0.05) is 20.1 Å². The zero-order valence-electron chi connectivity index (χ0n) is 15.8. The fourth-order valence-electron chi connectivity index (χ4n) is 3.17. The highest BCUT2D eigenvalue weighted by atomic mass is 127. The molecule has 0 amide bonds. The maximum Gasteiger partial charge on any atom is 0.190 e. The van der Waals surface area contributed by atoms with E-state index in [1.807, 2.05) is 7.05 Å². The van der Waals surface area contributed by atoms with Gasteiger partial charge in [-0.1, -0.05) is 19.8 Å². The topological polar surface area (TPSA) is 39.7 Å². The number of piperidine rings is 1. The Morgan fingerprint density at radius 1 is 1.20 bits per heavy atom.